The van der Waals surface area contributed by atoms with Crippen LogP contribution in [0.15, 0.2) is 110 Å². The quantitative estimate of drug-likeness (QED) is 0.0261. The van der Waals surface area contributed by atoms with Gasteiger partial charge in [-0.05, 0) is 114 Å². The Balaban J connectivity index is 0.000000249. The number of unbranched alkanes of at least 4 members (excludes halogenated alkanes) is 3. The maximum atomic E-state index is 12.7. The molecule has 0 aliphatic heterocycles. The average Bonchev–Trinajstić information content (AvgIpc) is 4.20. The Morgan fingerprint density at radius 3 is 1.81 bits per heavy atom. The molecule has 8 rings (SSSR count). The molecule has 8 aromatic rings. The number of thiophene rings is 3. The number of carbonyl (C=O) groups is 3. The van der Waals surface area contributed by atoms with Crippen LogP contribution in [0.3, 0.4) is 0 Å². The molecule has 69 heavy (non-hydrogen) atoms. The third-order valence-electron chi connectivity index (χ3n) is 9.36. The first-order valence-electron chi connectivity index (χ1n) is 20.3. The van der Waals surface area contributed by atoms with Gasteiger partial charge in [-0.3, -0.25) is 29.3 Å². The largest absolute Gasteiger partial charge is 2.00 e. The minimum Gasteiger partial charge on any atom is -0.753 e. The van der Waals surface area contributed by atoms with Gasteiger partial charge < -0.3 is 29.8 Å². The Morgan fingerprint density at radius 2 is 1.26 bits per heavy atom. The number of carbonyl (C=O) groups excluding carboxylic acids is 3. The van der Waals surface area contributed by atoms with Crippen LogP contribution < -0.4 is 19.3 Å². The van der Waals surface area contributed by atoms with E-state index in [9.17, 15) is 27.6 Å². The molecule has 0 aliphatic carbocycles. The number of alkyl halides is 3. The smallest absolute Gasteiger partial charge is 0.753 e. The molecule has 0 amide bonds. The summed E-state index contributed by atoms with van der Waals surface area (Å²) in [7, 11) is 0. The van der Waals surface area contributed by atoms with Gasteiger partial charge in [-0.1, -0.05) is 72.8 Å². The molecule has 0 saturated heterocycles. The fraction of sp³-hybridized carbons (Fsp3) is 0.146. The van der Waals surface area contributed by atoms with Crippen LogP contribution in [0, 0.1) is 0 Å². The molecule has 352 valence electrons. The molecule has 0 fully saturated rings. The van der Waals surface area contributed by atoms with Crippen molar-refractivity contribution in [1.29, 1.82) is 0 Å². The standard InChI is InChI=1S/C26H15N3O6S2.C21H21F3N3S.CNS.Ru/c30-13-33-18-11-21(19-9-16(5-7-27-19)23-1-3-25(36-23)34-14-31)29-22(12-18)20-10-17(6-8-28-20)24-2-4-26(37-24)35-15-32;1-2-3-4-5-6-16-9-10-17(28-16)8-7-15-11-12-25-18(13-15)19-14-20(27-26-19)21(22,23)24;2-1-3;/h1-15H;7-14H,2-6H2,1H3;;/q;2*-1;+2/b;8-7+;;. The maximum absolute atomic E-state index is 12.7. The molecule has 13 nitrogen and oxygen atoms in total. The Morgan fingerprint density at radius 1 is 0.681 bits per heavy atom. The molecular formula is C48H36F3N7O6RuS4. The van der Waals surface area contributed by atoms with E-state index in [2.05, 4.69) is 56.4 Å². The molecule has 0 unspecified atom stereocenters. The molecular weight excluding hydrogens is 1060 g/mol. The molecule has 0 radical (unpaired) electrons. The van der Waals surface area contributed by atoms with Crippen molar-refractivity contribution in [1.82, 2.24) is 30.1 Å². The first-order valence-corrected chi connectivity index (χ1v) is 23.2. The van der Waals surface area contributed by atoms with Crippen molar-refractivity contribution in [2.45, 2.75) is 45.2 Å². The molecule has 0 aliphatic rings. The van der Waals surface area contributed by atoms with Crippen molar-refractivity contribution >= 4 is 83.0 Å². The van der Waals surface area contributed by atoms with Crippen molar-refractivity contribution in [3.05, 3.63) is 136 Å². The summed E-state index contributed by atoms with van der Waals surface area (Å²) in [5.41, 5.74) is 4.08. The average molecular weight is 1090 g/mol. The number of hydrogen-bond donors (Lipinski definition) is 0. The van der Waals surface area contributed by atoms with Gasteiger partial charge in [-0.15, -0.1) is 11.3 Å². The van der Waals surface area contributed by atoms with Crippen LogP contribution in [-0.4, -0.2) is 49.6 Å². The van der Waals surface area contributed by atoms with E-state index >= 15 is 0 Å². The molecule has 8 heterocycles. The van der Waals surface area contributed by atoms with E-state index in [0.29, 0.717) is 58.0 Å². The summed E-state index contributed by atoms with van der Waals surface area (Å²) < 4.78 is 53.1. The van der Waals surface area contributed by atoms with Gasteiger partial charge in [0.1, 0.15) is 11.4 Å². The van der Waals surface area contributed by atoms with Crippen molar-refractivity contribution in [3.63, 3.8) is 0 Å². The third-order valence-corrected chi connectivity index (χ3v) is 12.5. The molecule has 21 heteroatoms. The van der Waals surface area contributed by atoms with Crippen LogP contribution in [0.5, 0.6) is 15.9 Å². The minimum atomic E-state index is -4.50. The summed E-state index contributed by atoms with van der Waals surface area (Å²) in [6.07, 6.45) is 10.4. The van der Waals surface area contributed by atoms with Crippen molar-refractivity contribution in [2.75, 3.05) is 0 Å². The first kappa shape index (κ1) is 53.2. The van der Waals surface area contributed by atoms with Crippen LogP contribution in [0.25, 0.3) is 72.6 Å². The van der Waals surface area contributed by atoms with Crippen LogP contribution in [0.1, 0.15) is 53.6 Å². The summed E-state index contributed by atoms with van der Waals surface area (Å²) >= 11 is 8.11. The monoisotopic (exact) mass is 1090 g/mol. The van der Waals surface area contributed by atoms with Crippen molar-refractivity contribution in [2.24, 2.45) is 0 Å². The Bertz CT molecular complexity index is 2910. The van der Waals surface area contributed by atoms with Crippen LogP contribution in [0.4, 0.5) is 13.2 Å². The number of rotatable bonds is 18. The Kier molecular flexibility index (Phi) is 20.6. The summed E-state index contributed by atoms with van der Waals surface area (Å²) in [6.45, 7) is 3.32. The fourth-order valence-corrected chi connectivity index (χ4v) is 8.88. The number of halogens is 3. The van der Waals surface area contributed by atoms with Gasteiger partial charge in [0.05, 0.1) is 22.8 Å². The van der Waals surface area contributed by atoms with Crippen LogP contribution in [0.2, 0.25) is 0 Å². The molecule has 0 spiro atoms. The number of hydrogen-bond acceptors (Lipinski definition) is 15. The zero-order valence-electron chi connectivity index (χ0n) is 36.0. The summed E-state index contributed by atoms with van der Waals surface area (Å²) in [4.78, 5) is 54.4. The SMILES string of the molecule is CCCCCCc1ccc(/C=C/c2ccnc(-c3cc(C(F)(F)F)n[n-]3)c2)s1.O=COc1cc(-c2cc(-c3ccc(OC=O)s3)ccn2)nc(-c2cc(-c3ccc(OC=O)s3)ccn2)c1.[N-]=C=S.[Ru+2]. The predicted octanol–water partition coefficient (Wildman–Crippen LogP) is 12.4. The minimum absolute atomic E-state index is 0. The van der Waals surface area contributed by atoms with E-state index < -0.39 is 11.9 Å². The van der Waals surface area contributed by atoms with Crippen molar-refractivity contribution < 1.29 is 61.2 Å². The Hall–Kier alpha value is -6.73. The topological polar surface area (TPSA) is 180 Å². The van der Waals surface area contributed by atoms with Crippen LogP contribution >= 0.6 is 46.2 Å². The van der Waals surface area contributed by atoms with Crippen molar-refractivity contribution in [3.8, 4) is 70.9 Å². The Labute approximate surface area is 423 Å². The molecule has 0 saturated carbocycles. The molecule has 0 bridgehead atoms. The van der Waals surface area contributed by atoms with E-state index in [0.717, 1.165) is 43.8 Å². The number of pyridine rings is 4. The summed E-state index contributed by atoms with van der Waals surface area (Å²) in [5.74, 6) is 0.282. The second kappa shape index (κ2) is 26.7. The maximum Gasteiger partial charge on any atom is 2.00 e. The van der Waals surface area contributed by atoms with E-state index in [1.165, 1.54) is 58.4 Å². The van der Waals surface area contributed by atoms with Gasteiger partial charge in [0, 0.05) is 55.9 Å². The summed E-state index contributed by atoms with van der Waals surface area (Å²) in [5, 5.41) is 16.2. The van der Waals surface area contributed by atoms with E-state index in [-0.39, 0.29) is 30.9 Å². The zero-order valence-corrected chi connectivity index (χ0v) is 41.0. The van der Waals surface area contributed by atoms with Gasteiger partial charge in [0.15, 0.2) is 10.1 Å². The normalized spacial score (nSPS) is 10.7. The van der Waals surface area contributed by atoms with E-state index in [1.807, 2.05) is 48.6 Å². The number of isothiocyanates is 1. The number of nitrogens with zero attached hydrogens (tertiary/aromatic N) is 7. The van der Waals surface area contributed by atoms with Crippen LogP contribution in [-0.2, 0) is 46.5 Å². The number of aromatic nitrogens is 6. The fourth-order valence-electron chi connectivity index (χ4n) is 6.28. The van der Waals surface area contributed by atoms with Gasteiger partial charge in [0.2, 0.25) is 0 Å². The van der Waals surface area contributed by atoms with Gasteiger partial charge in [-0.25, -0.2) is 4.98 Å². The second-order valence-corrected chi connectivity index (χ2v) is 17.4. The molecule has 0 aromatic carbocycles. The van der Waals surface area contributed by atoms with Gasteiger partial charge >= 0.3 is 25.7 Å². The third kappa shape index (κ3) is 15.7. The number of aryl methyl sites for hydroxylation is 1. The number of ether oxygens (including phenoxy) is 3. The van der Waals surface area contributed by atoms with E-state index in [1.54, 1.807) is 66.3 Å². The second-order valence-electron chi connectivity index (χ2n) is 13.9. The molecule has 8 aromatic heterocycles. The van der Waals surface area contributed by atoms with E-state index in [4.69, 9.17) is 24.6 Å². The predicted molar refractivity (Wildman–Crippen MR) is 260 cm³/mol. The number of thiocarbonyl (C=S) groups is 1. The molecule has 0 N–H and O–H groups in total. The van der Waals surface area contributed by atoms with Gasteiger partial charge in [0.25, 0.3) is 19.4 Å². The first-order chi connectivity index (χ1) is 33.0. The zero-order chi connectivity index (χ0) is 48.3. The summed E-state index contributed by atoms with van der Waals surface area (Å²) in [6, 6.07) is 26.4. The van der Waals surface area contributed by atoms with Gasteiger partial charge in [-0.2, -0.15) is 18.3 Å². The molecule has 0 atom stereocenters.